The molecule has 0 amide bonds. The highest BCUT2D eigenvalue weighted by molar-refractivity contribution is 5.82. The summed E-state index contributed by atoms with van der Waals surface area (Å²) in [5, 5.41) is 5.14. The standard InChI is InChI=1S/C30H33N3O3/c1-7-35-28-15-21(6)26(17-25(28)19(2)3)29-32-27-14-9-8-13-24(27)30(34)33(29)31-18-22-11-10-12-23(16-22)36-20(4)5/h8-20H,7H2,1-6H3. The third-order valence-electron chi connectivity index (χ3n) is 5.83. The Labute approximate surface area is 212 Å². The monoisotopic (exact) mass is 483 g/mol. The highest BCUT2D eigenvalue weighted by atomic mass is 16.5. The fraction of sp³-hybridized carbons (Fsp3) is 0.300. The second kappa shape index (κ2) is 10.8. The molecule has 4 rings (SSSR count). The molecule has 0 aliphatic carbocycles. The van der Waals surface area contributed by atoms with Gasteiger partial charge in [-0.2, -0.15) is 9.78 Å². The van der Waals surface area contributed by atoms with Crippen molar-refractivity contribution < 1.29 is 9.47 Å². The minimum atomic E-state index is -0.221. The van der Waals surface area contributed by atoms with Crippen molar-refractivity contribution in [2.45, 2.75) is 53.6 Å². The smallest absolute Gasteiger partial charge is 0.282 e. The minimum Gasteiger partial charge on any atom is -0.494 e. The largest absolute Gasteiger partial charge is 0.494 e. The summed E-state index contributed by atoms with van der Waals surface area (Å²) in [4.78, 5) is 18.5. The zero-order valence-corrected chi connectivity index (χ0v) is 21.8. The molecular formula is C30H33N3O3. The van der Waals surface area contributed by atoms with Crippen LogP contribution in [0.4, 0.5) is 0 Å². The maximum Gasteiger partial charge on any atom is 0.282 e. The third kappa shape index (κ3) is 5.33. The molecule has 0 aliphatic rings. The summed E-state index contributed by atoms with van der Waals surface area (Å²) in [6.07, 6.45) is 1.73. The maximum atomic E-state index is 13.6. The van der Waals surface area contributed by atoms with E-state index in [0.717, 1.165) is 33.8 Å². The Morgan fingerprint density at radius 1 is 1.03 bits per heavy atom. The van der Waals surface area contributed by atoms with E-state index in [1.807, 2.05) is 76.2 Å². The molecule has 36 heavy (non-hydrogen) atoms. The minimum absolute atomic E-state index is 0.0638. The predicted molar refractivity (Wildman–Crippen MR) is 147 cm³/mol. The molecule has 1 aromatic heterocycles. The Morgan fingerprint density at radius 2 is 1.81 bits per heavy atom. The summed E-state index contributed by atoms with van der Waals surface area (Å²) in [7, 11) is 0. The number of ether oxygens (including phenoxy) is 2. The second-order valence-electron chi connectivity index (χ2n) is 9.35. The van der Waals surface area contributed by atoms with Gasteiger partial charge in [0.1, 0.15) is 11.5 Å². The Balaban J connectivity index is 1.91. The van der Waals surface area contributed by atoms with E-state index in [1.54, 1.807) is 12.3 Å². The molecule has 0 aliphatic heterocycles. The average molecular weight is 484 g/mol. The first-order valence-corrected chi connectivity index (χ1v) is 12.4. The van der Waals surface area contributed by atoms with E-state index in [4.69, 9.17) is 14.5 Å². The van der Waals surface area contributed by atoms with Crippen LogP contribution in [0.15, 0.2) is 70.6 Å². The molecule has 0 atom stereocenters. The summed E-state index contributed by atoms with van der Waals surface area (Å²) >= 11 is 0. The Morgan fingerprint density at radius 3 is 2.53 bits per heavy atom. The fourth-order valence-electron chi connectivity index (χ4n) is 4.14. The molecule has 0 fully saturated rings. The van der Waals surface area contributed by atoms with Gasteiger partial charge in [0.25, 0.3) is 5.56 Å². The molecule has 0 saturated heterocycles. The van der Waals surface area contributed by atoms with Gasteiger partial charge in [-0.05, 0) is 86.7 Å². The van der Waals surface area contributed by atoms with Gasteiger partial charge in [-0.1, -0.05) is 38.1 Å². The number of fused-ring (bicyclic) bond motifs is 1. The molecule has 0 unspecified atom stereocenters. The predicted octanol–water partition coefficient (Wildman–Crippen LogP) is 6.56. The van der Waals surface area contributed by atoms with Crippen molar-refractivity contribution >= 4 is 17.1 Å². The molecule has 4 aromatic rings. The van der Waals surface area contributed by atoms with Gasteiger partial charge in [-0.3, -0.25) is 4.79 Å². The van der Waals surface area contributed by atoms with Crippen molar-refractivity contribution in [3.8, 4) is 22.9 Å². The van der Waals surface area contributed by atoms with Gasteiger partial charge < -0.3 is 9.47 Å². The number of aryl methyl sites for hydroxylation is 1. The van der Waals surface area contributed by atoms with E-state index in [-0.39, 0.29) is 17.6 Å². The quantitative estimate of drug-likeness (QED) is 0.266. The van der Waals surface area contributed by atoms with E-state index >= 15 is 0 Å². The van der Waals surface area contributed by atoms with Crippen molar-refractivity contribution in [3.63, 3.8) is 0 Å². The van der Waals surface area contributed by atoms with Crippen molar-refractivity contribution in [3.05, 3.63) is 87.7 Å². The van der Waals surface area contributed by atoms with Crippen LogP contribution in [0.3, 0.4) is 0 Å². The first-order chi connectivity index (χ1) is 17.3. The molecule has 0 N–H and O–H groups in total. The lowest BCUT2D eigenvalue weighted by molar-refractivity contribution is 0.242. The van der Waals surface area contributed by atoms with Crippen LogP contribution in [0.1, 0.15) is 57.2 Å². The van der Waals surface area contributed by atoms with Gasteiger partial charge in [0, 0.05) is 5.56 Å². The zero-order chi connectivity index (χ0) is 25.8. The fourth-order valence-corrected chi connectivity index (χ4v) is 4.14. The lowest BCUT2D eigenvalue weighted by Gasteiger charge is -2.18. The van der Waals surface area contributed by atoms with E-state index in [9.17, 15) is 4.79 Å². The van der Waals surface area contributed by atoms with Crippen LogP contribution in [0.25, 0.3) is 22.3 Å². The molecule has 6 heteroatoms. The van der Waals surface area contributed by atoms with Gasteiger partial charge in [-0.25, -0.2) is 4.98 Å². The molecule has 0 radical (unpaired) electrons. The molecule has 0 bridgehead atoms. The highest BCUT2D eigenvalue weighted by Gasteiger charge is 2.18. The summed E-state index contributed by atoms with van der Waals surface area (Å²) in [5.41, 5.74) is 4.11. The summed E-state index contributed by atoms with van der Waals surface area (Å²) in [6, 6.07) is 19.1. The maximum absolute atomic E-state index is 13.6. The van der Waals surface area contributed by atoms with Crippen molar-refractivity contribution in [2.24, 2.45) is 5.10 Å². The van der Waals surface area contributed by atoms with E-state index in [2.05, 4.69) is 25.0 Å². The molecular weight excluding hydrogens is 450 g/mol. The van der Waals surface area contributed by atoms with Crippen LogP contribution < -0.4 is 15.0 Å². The molecule has 186 valence electrons. The molecule has 6 nitrogen and oxygen atoms in total. The Hall–Kier alpha value is -3.93. The van der Waals surface area contributed by atoms with E-state index in [1.165, 1.54) is 4.68 Å². The number of para-hydroxylation sites is 1. The van der Waals surface area contributed by atoms with Gasteiger partial charge in [0.15, 0.2) is 5.82 Å². The topological polar surface area (TPSA) is 65.7 Å². The molecule has 3 aromatic carbocycles. The van der Waals surface area contributed by atoms with Gasteiger partial charge in [0.2, 0.25) is 0 Å². The normalized spacial score (nSPS) is 11.7. The number of benzene rings is 3. The lowest BCUT2D eigenvalue weighted by atomic mass is 9.96. The van der Waals surface area contributed by atoms with Crippen LogP contribution in [0.5, 0.6) is 11.5 Å². The van der Waals surface area contributed by atoms with Crippen molar-refractivity contribution in [2.75, 3.05) is 6.61 Å². The lowest BCUT2D eigenvalue weighted by Crippen LogP contribution is -2.21. The Kier molecular flexibility index (Phi) is 7.53. The summed E-state index contributed by atoms with van der Waals surface area (Å²) in [5.74, 6) is 2.33. The number of hydrogen-bond acceptors (Lipinski definition) is 5. The van der Waals surface area contributed by atoms with Crippen molar-refractivity contribution in [1.29, 1.82) is 0 Å². The van der Waals surface area contributed by atoms with Crippen LogP contribution in [-0.2, 0) is 0 Å². The van der Waals surface area contributed by atoms with Crippen LogP contribution >= 0.6 is 0 Å². The van der Waals surface area contributed by atoms with Crippen LogP contribution in [-0.4, -0.2) is 28.6 Å². The van der Waals surface area contributed by atoms with Crippen LogP contribution in [0.2, 0.25) is 0 Å². The number of rotatable bonds is 8. The number of hydrogen-bond donors (Lipinski definition) is 0. The average Bonchev–Trinajstić information content (AvgIpc) is 2.83. The highest BCUT2D eigenvalue weighted by Crippen LogP contribution is 2.34. The zero-order valence-electron chi connectivity index (χ0n) is 21.8. The first-order valence-electron chi connectivity index (χ1n) is 12.4. The van der Waals surface area contributed by atoms with Gasteiger partial charge >= 0.3 is 0 Å². The molecule has 1 heterocycles. The molecule has 0 spiro atoms. The van der Waals surface area contributed by atoms with Gasteiger partial charge in [0.05, 0.1) is 29.8 Å². The third-order valence-corrected chi connectivity index (χ3v) is 5.83. The number of nitrogens with zero attached hydrogens (tertiary/aromatic N) is 3. The Bertz CT molecular complexity index is 1470. The van der Waals surface area contributed by atoms with Crippen LogP contribution in [0, 0.1) is 6.92 Å². The van der Waals surface area contributed by atoms with Crippen molar-refractivity contribution in [1.82, 2.24) is 9.66 Å². The summed E-state index contributed by atoms with van der Waals surface area (Å²) < 4.78 is 13.1. The first kappa shape index (κ1) is 25.2. The second-order valence-corrected chi connectivity index (χ2v) is 9.35. The van der Waals surface area contributed by atoms with Gasteiger partial charge in [-0.15, -0.1) is 0 Å². The number of aromatic nitrogens is 2. The van der Waals surface area contributed by atoms with E-state index < -0.39 is 0 Å². The summed E-state index contributed by atoms with van der Waals surface area (Å²) in [6.45, 7) is 12.8. The SMILES string of the molecule is CCOc1cc(C)c(-c2nc3ccccc3c(=O)n2N=Cc2cccc(OC(C)C)c2)cc1C(C)C. The molecule has 0 saturated carbocycles. The van der Waals surface area contributed by atoms with E-state index in [0.29, 0.717) is 23.3 Å².